The molecule has 2 N–H and O–H groups in total. The minimum atomic E-state index is -0.123. The van der Waals surface area contributed by atoms with Gasteiger partial charge in [0, 0.05) is 35.0 Å². The van der Waals surface area contributed by atoms with Gasteiger partial charge in [0.25, 0.3) is 5.56 Å². The number of aromatic nitrogens is 1. The summed E-state index contributed by atoms with van der Waals surface area (Å²) >= 11 is 0. The molecule has 0 amide bonds. The van der Waals surface area contributed by atoms with E-state index in [0.29, 0.717) is 70.7 Å². The summed E-state index contributed by atoms with van der Waals surface area (Å²) in [5.74, 6) is 0.863. The highest BCUT2D eigenvalue weighted by Crippen LogP contribution is 2.44. The number of hydrogen-bond acceptors (Lipinski definition) is 6. The number of carbonyl (C=O) groups excluding carboxylic acids is 1. The molecule has 0 bridgehead atoms. The summed E-state index contributed by atoms with van der Waals surface area (Å²) in [5, 5.41) is 13.2. The second kappa shape index (κ2) is 8.30. The molecule has 0 saturated heterocycles. The summed E-state index contributed by atoms with van der Waals surface area (Å²) in [4.78, 5) is 26.7. The summed E-state index contributed by atoms with van der Waals surface area (Å²) in [6.45, 7) is 1.67. The third kappa shape index (κ3) is 3.16. The SMILES string of the molecule is COc1cc2c(cc1OC)-c1c(c3ccccc3c(=O)n1CCCNCCO)C2=O. The van der Waals surface area contributed by atoms with Crippen molar-refractivity contribution >= 4 is 16.6 Å². The average Bonchev–Trinajstić information content (AvgIpc) is 3.06. The molecule has 1 aromatic heterocycles. The van der Waals surface area contributed by atoms with E-state index < -0.39 is 0 Å². The van der Waals surface area contributed by atoms with Crippen molar-refractivity contribution in [3.05, 3.63) is 57.9 Å². The van der Waals surface area contributed by atoms with Crippen molar-refractivity contribution < 1.29 is 19.4 Å². The van der Waals surface area contributed by atoms with Crippen LogP contribution in [0.5, 0.6) is 11.5 Å². The first-order valence-electron chi connectivity index (χ1n) is 9.90. The highest BCUT2D eigenvalue weighted by Gasteiger charge is 2.34. The van der Waals surface area contributed by atoms with Gasteiger partial charge in [-0.2, -0.15) is 0 Å². The van der Waals surface area contributed by atoms with Crippen LogP contribution in [-0.4, -0.2) is 49.4 Å². The number of methoxy groups -OCH3 is 2. The van der Waals surface area contributed by atoms with Gasteiger partial charge in [0.2, 0.25) is 0 Å². The topological polar surface area (TPSA) is 89.8 Å². The van der Waals surface area contributed by atoms with Crippen LogP contribution in [-0.2, 0) is 6.54 Å². The highest BCUT2D eigenvalue weighted by atomic mass is 16.5. The van der Waals surface area contributed by atoms with E-state index in [0.717, 1.165) is 0 Å². The lowest BCUT2D eigenvalue weighted by Gasteiger charge is -2.16. The Labute approximate surface area is 173 Å². The Kier molecular flexibility index (Phi) is 5.57. The zero-order valence-electron chi connectivity index (χ0n) is 17.0. The Bertz CT molecular complexity index is 1180. The van der Waals surface area contributed by atoms with Crippen LogP contribution in [0, 0.1) is 0 Å². The van der Waals surface area contributed by atoms with Gasteiger partial charge >= 0.3 is 0 Å². The monoisotopic (exact) mass is 408 g/mol. The molecule has 3 aromatic rings. The first-order valence-corrected chi connectivity index (χ1v) is 9.90. The molecule has 7 heteroatoms. The van der Waals surface area contributed by atoms with Gasteiger partial charge in [0.05, 0.1) is 32.1 Å². The molecule has 2 aromatic carbocycles. The van der Waals surface area contributed by atoms with Crippen LogP contribution >= 0.6 is 0 Å². The predicted octanol–water partition coefficient (Wildman–Crippen LogP) is 2.20. The Morgan fingerprint density at radius 2 is 1.63 bits per heavy atom. The van der Waals surface area contributed by atoms with Gasteiger partial charge in [0.1, 0.15) is 0 Å². The van der Waals surface area contributed by atoms with E-state index in [4.69, 9.17) is 14.6 Å². The quantitative estimate of drug-likeness (QED) is 0.435. The Balaban J connectivity index is 1.93. The van der Waals surface area contributed by atoms with Crippen molar-refractivity contribution in [1.29, 1.82) is 0 Å². The maximum absolute atomic E-state index is 13.4. The number of nitrogens with zero attached hydrogens (tertiary/aromatic N) is 1. The van der Waals surface area contributed by atoms with Crippen LogP contribution in [0.4, 0.5) is 0 Å². The smallest absolute Gasteiger partial charge is 0.258 e. The van der Waals surface area contributed by atoms with E-state index in [9.17, 15) is 9.59 Å². The third-order valence-electron chi connectivity index (χ3n) is 5.45. The van der Waals surface area contributed by atoms with Gasteiger partial charge in [-0.25, -0.2) is 0 Å². The van der Waals surface area contributed by atoms with Gasteiger partial charge in [0.15, 0.2) is 17.3 Å². The molecule has 7 nitrogen and oxygen atoms in total. The van der Waals surface area contributed by atoms with Crippen molar-refractivity contribution in [3.63, 3.8) is 0 Å². The van der Waals surface area contributed by atoms with Crippen molar-refractivity contribution in [1.82, 2.24) is 9.88 Å². The van der Waals surface area contributed by atoms with E-state index >= 15 is 0 Å². The molecule has 156 valence electrons. The zero-order chi connectivity index (χ0) is 21.3. The number of fused-ring (bicyclic) bond motifs is 5. The number of aliphatic hydroxyl groups excluding tert-OH is 1. The summed E-state index contributed by atoms with van der Waals surface area (Å²) in [7, 11) is 3.07. The molecule has 0 aliphatic heterocycles. The molecular formula is C23H24N2O5. The standard InChI is InChI=1S/C23H24N2O5/c1-29-18-12-16-17(13-19(18)30-2)22(27)20-14-6-3-4-7-15(14)23(28)25(21(16)20)10-5-8-24-9-11-26/h3-4,6-7,12-13,24,26H,5,8-11H2,1-2H3. The summed E-state index contributed by atoms with van der Waals surface area (Å²) < 4.78 is 12.5. The van der Waals surface area contributed by atoms with Crippen molar-refractivity contribution in [2.45, 2.75) is 13.0 Å². The summed E-state index contributed by atoms with van der Waals surface area (Å²) in [5.41, 5.74) is 2.23. The van der Waals surface area contributed by atoms with Crippen molar-refractivity contribution in [2.24, 2.45) is 0 Å². The lowest BCUT2D eigenvalue weighted by Crippen LogP contribution is -2.26. The minimum absolute atomic E-state index is 0.0643. The molecule has 0 atom stereocenters. The molecule has 30 heavy (non-hydrogen) atoms. The first-order chi connectivity index (χ1) is 14.6. The van der Waals surface area contributed by atoms with Crippen LogP contribution in [0.3, 0.4) is 0 Å². The van der Waals surface area contributed by atoms with Crippen molar-refractivity contribution in [2.75, 3.05) is 33.9 Å². The van der Waals surface area contributed by atoms with E-state index in [2.05, 4.69) is 5.32 Å². The second-order valence-corrected chi connectivity index (χ2v) is 7.14. The van der Waals surface area contributed by atoms with E-state index in [1.807, 2.05) is 18.2 Å². The van der Waals surface area contributed by atoms with Crippen LogP contribution in [0.1, 0.15) is 22.3 Å². The predicted molar refractivity (Wildman–Crippen MR) is 115 cm³/mol. The van der Waals surface area contributed by atoms with Gasteiger partial charge in [-0.05, 0) is 31.2 Å². The van der Waals surface area contributed by atoms with E-state index in [1.54, 1.807) is 29.9 Å². The Morgan fingerprint density at radius 3 is 2.30 bits per heavy atom. The van der Waals surface area contributed by atoms with Gasteiger partial charge in [-0.1, -0.05) is 18.2 Å². The maximum Gasteiger partial charge on any atom is 0.258 e. The molecular weight excluding hydrogens is 384 g/mol. The molecule has 0 unspecified atom stereocenters. The fourth-order valence-corrected chi connectivity index (χ4v) is 4.08. The average molecular weight is 408 g/mol. The first kappa shape index (κ1) is 20.1. The van der Waals surface area contributed by atoms with Crippen LogP contribution in [0.25, 0.3) is 22.0 Å². The molecule has 4 rings (SSSR count). The number of rotatable bonds is 8. The maximum atomic E-state index is 13.4. The normalized spacial score (nSPS) is 12.2. The molecule has 1 aliphatic carbocycles. The highest BCUT2D eigenvalue weighted by molar-refractivity contribution is 6.27. The van der Waals surface area contributed by atoms with Crippen LogP contribution in [0.15, 0.2) is 41.2 Å². The largest absolute Gasteiger partial charge is 0.493 e. The Morgan fingerprint density at radius 1 is 0.967 bits per heavy atom. The molecule has 0 spiro atoms. The number of hydrogen-bond donors (Lipinski definition) is 2. The summed E-state index contributed by atoms with van der Waals surface area (Å²) in [6, 6.07) is 10.7. The molecule has 0 radical (unpaired) electrons. The lowest BCUT2D eigenvalue weighted by molar-refractivity contribution is 0.104. The minimum Gasteiger partial charge on any atom is -0.493 e. The number of nitrogens with one attached hydrogen (secondary N) is 1. The fourth-order valence-electron chi connectivity index (χ4n) is 4.08. The van der Waals surface area contributed by atoms with Crippen LogP contribution < -0.4 is 20.3 Å². The van der Waals surface area contributed by atoms with E-state index in [1.165, 1.54) is 7.11 Å². The molecule has 0 fully saturated rings. The number of ether oxygens (including phenoxy) is 2. The molecule has 1 aliphatic rings. The fraction of sp³-hybridized carbons (Fsp3) is 0.304. The summed E-state index contributed by atoms with van der Waals surface area (Å²) in [6.07, 6.45) is 0.682. The third-order valence-corrected chi connectivity index (χ3v) is 5.45. The second-order valence-electron chi connectivity index (χ2n) is 7.14. The number of aliphatic hydroxyl groups is 1. The van der Waals surface area contributed by atoms with Gasteiger partial charge < -0.3 is 24.5 Å². The number of carbonyl (C=O) groups is 1. The number of benzene rings is 2. The van der Waals surface area contributed by atoms with Gasteiger partial charge in [-0.15, -0.1) is 0 Å². The number of ketones is 1. The van der Waals surface area contributed by atoms with Gasteiger partial charge in [-0.3, -0.25) is 9.59 Å². The molecule has 0 saturated carbocycles. The lowest BCUT2D eigenvalue weighted by atomic mass is 10.0. The van der Waals surface area contributed by atoms with E-state index in [-0.39, 0.29) is 17.9 Å². The zero-order valence-corrected chi connectivity index (χ0v) is 17.0. The Hall–Kier alpha value is -3.16. The van der Waals surface area contributed by atoms with Crippen molar-refractivity contribution in [3.8, 4) is 22.8 Å². The number of pyridine rings is 1. The van der Waals surface area contributed by atoms with Crippen LogP contribution in [0.2, 0.25) is 0 Å². The molecule has 1 heterocycles.